The highest BCUT2D eigenvalue weighted by Crippen LogP contribution is 2.39. The Kier molecular flexibility index (Phi) is 4.21. The minimum atomic E-state index is -0.687. The summed E-state index contributed by atoms with van der Waals surface area (Å²) in [7, 11) is 1.75. The molecule has 0 aliphatic carbocycles. The van der Waals surface area contributed by atoms with Crippen LogP contribution in [0.2, 0.25) is 0 Å². The molecule has 3 aromatic heterocycles. The Bertz CT molecular complexity index is 1180. The van der Waals surface area contributed by atoms with Gasteiger partial charge in [0, 0.05) is 25.4 Å². The highest BCUT2D eigenvalue weighted by Gasteiger charge is 2.16. The summed E-state index contributed by atoms with van der Waals surface area (Å²) in [5.41, 5.74) is 1.10. The normalized spacial score (nSPS) is 10.9. The SMILES string of the molecule is Cn1c(C=O)cnc1-c1cc2nccc(Oc3ccc(N=O)cc3F)c2s1. The van der Waals surface area contributed by atoms with E-state index in [0.717, 1.165) is 17.2 Å². The molecule has 0 spiro atoms. The number of carbonyl (C=O) groups is 1. The fraction of sp³-hybridized carbons (Fsp3) is 0.0556. The number of ether oxygens (including phenoxy) is 1. The number of carbonyl (C=O) groups excluding carboxylic acids is 1. The van der Waals surface area contributed by atoms with Gasteiger partial charge in [-0.2, -0.15) is 0 Å². The highest BCUT2D eigenvalue weighted by atomic mass is 32.1. The van der Waals surface area contributed by atoms with Crippen LogP contribution in [0.1, 0.15) is 10.5 Å². The lowest BCUT2D eigenvalue weighted by atomic mass is 10.3. The number of rotatable bonds is 5. The molecule has 4 rings (SSSR count). The van der Waals surface area contributed by atoms with E-state index in [1.54, 1.807) is 23.9 Å². The topological polar surface area (TPSA) is 86.4 Å². The number of thiophene rings is 1. The van der Waals surface area contributed by atoms with Crippen LogP contribution >= 0.6 is 11.3 Å². The van der Waals surface area contributed by atoms with E-state index < -0.39 is 5.82 Å². The van der Waals surface area contributed by atoms with Crippen LogP contribution in [0.3, 0.4) is 0 Å². The Hall–Kier alpha value is -3.46. The van der Waals surface area contributed by atoms with Crippen molar-refractivity contribution in [3.63, 3.8) is 0 Å². The number of aldehydes is 1. The molecule has 0 amide bonds. The van der Waals surface area contributed by atoms with Gasteiger partial charge in [-0.1, -0.05) is 0 Å². The summed E-state index contributed by atoms with van der Waals surface area (Å²) in [4.78, 5) is 30.9. The number of hydrogen-bond acceptors (Lipinski definition) is 7. The fourth-order valence-electron chi connectivity index (χ4n) is 2.61. The van der Waals surface area contributed by atoms with Crippen LogP contribution in [0.15, 0.2) is 47.9 Å². The van der Waals surface area contributed by atoms with Gasteiger partial charge in [-0.15, -0.1) is 16.2 Å². The number of fused-ring (bicyclic) bond motifs is 1. The number of imidazole rings is 1. The van der Waals surface area contributed by atoms with Gasteiger partial charge in [-0.25, -0.2) is 9.37 Å². The maximum Gasteiger partial charge on any atom is 0.168 e. The first-order chi connectivity index (χ1) is 13.1. The number of hydrogen-bond donors (Lipinski definition) is 0. The molecule has 0 saturated carbocycles. The van der Waals surface area contributed by atoms with Gasteiger partial charge in [0.2, 0.25) is 0 Å². The first-order valence-electron chi connectivity index (χ1n) is 7.77. The number of nitrogens with zero attached hydrogens (tertiary/aromatic N) is 4. The average molecular weight is 382 g/mol. The molecule has 7 nitrogen and oxygen atoms in total. The first kappa shape index (κ1) is 17.0. The molecule has 1 aromatic carbocycles. The second-order valence-corrected chi connectivity index (χ2v) is 6.68. The first-order valence-corrected chi connectivity index (χ1v) is 8.59. The molecule has 0 atom stereocenters. The molecule has 0 aliphatic rings. The minimum absolute atomic E-state index is 0.0149. The monoisotopic (exact) mass is 382 g/mol. The Morgan fingerprint density at radius 1 is 1.22 bits per heavy atom. The number of benzene rings is 1. The van der Waals surface area contributed by atoms with Crippen molar-refractivity contribution in [1.82, 2.24) is 14.5 Å². The van der Waals surface area contributed by atoms with Gasteiger partial charge in [0.15, 0.2) is 17.9 Å². The third kappa shape index (κ3) is 2.97. The molecular formula is C18H11FN4O3S. The second-order valence-electron chi connectivity index (χ2n) is 5.63. The zero-order chi connectivity index (χ0) is 19.0. The molecular weight excluding hydrogens is 371 g/mol. The third-order valence-corrected chi connectivity index (χ3v) is 5.12. The lowest BCUT2D eigenvalue weighted by Crippen LogP contribution is -1.95. The van der Waals surface area contributed by atoms with Crippen molar-refractivity contribution < 1.29 is 13.9 Å². The molecule has 9 heteroatoms. The van der Waals surface area contributed by atoms with Gasteiger partial charge in [-0.3, -0.25) is 9.78 Å². The molecule has 0 N–H and O–H groups in total. The smallest absolute Gasteiger partial charge is 0.168 e. The summed E-state index contributed by atoms with van der Waals surface area (Å²) in [6.45, 7) is 0. The van der Waals surface area contributed by atoms with Gasteiger partial charge >= 0.3 is 0 Å². The zero-order valence-corrected chi connectivity index (χ0v) is 14.7. The Morgan fingerprint density at radius 3 is 2.78 bits per heavy atom. The van der Waals surface area contributed by atoms with Gasteiger partial charge in [0.05, 0.1) is 21.3 Å². The molecule has 134 valence electrons. The quantitative estimate of drug-likeness (QED) is 0.364. The van der Waals surface area contributed by atoms with Gasteiger partial charge in [-0.05, 0) is 23.4 Å². The standard InChI is InChI=1S/C18H11FN4O3S/c1-23-11(9-24)8-21-18(23)16-7-13-17(27-16)15(4-5-20-13)26-14-3-2-10(22-25)6-12(14)19/h2-9H,1H3. The number of nitroso groups, excluding NO2 is 1. The van der Waals surface area contributed by atoms with Crippen LogP contribution in [0.4, 0.5) is 10.1 Å². The maximum atomic E-state index is 14.1. The molecule has 0 unspecified atom stereocenters. The van der Waals surface area contributed by atoms with Crippen LogP contribution in [-0.4, -0.2) is 20.8 Å². The largest absolute Gasteiger partial charge is 0.453 e. The molecule has 0 fully saturated rings. The van der Waals surface area contributed by atoms with E-state index in [-0.39, 0.29) is 11.4 Å². The van der Waals surface area contributed by atoms with Crippen molar-refractivity contribution in [2.75, 3.05) is 0 Å². The molecule has 4 aromatic rings. The number of aromatic nitrogens is 3. The predicted octanol–water partition coefficient (Wildman–Crippen LogP) is 4.84. The van der Waals surface area contributed by atoms with Crippen molar-refractivity contribution in [3.8, 4) is 22.2 Å². The second kappa shape index (κ2) is 6.69. The molecule has 0 bridgehead atoms. The summed E-state index contributed by atoms with van der Waals surface area (Å²) in [5, 5.41) is 2.70. The Balaban J connectivity index is 1.76. The van der Waals surface area contributed by atoms with Crippen molar-refractivity contribution in [2.24, 2.45) is 12.2 Å². The molecule has 0 radical (unpaired) electrons. The van der Waals surface area contributed by atoms with Crippen molar-refractivity contribution >= 4 is 33.5 Å². The Labute approximate surface area is 156 Å². The lowest BCUT2D eigenvalue weighted by molar-refractivity contribution is 0.111. The lowest BCUT2D eigenvalue weighted by Gasteiger charge is -2.07. The molecule has 3 heterocycles. The fourth-order valence-corrected chi connectivity index (χ4v) is 3.71. The number of halogens is 1. The van der Waals surface area contributed by atoms with E-state index in [1.165, 1.54) is 29.7 Å². The van der Waals surface area contributed by atoms with Crippen LogP contribution in [0, 0.1) is 10.7 Å². The van der Waals surface area contributed by atoms with Crippen LogP contribution < -0.4 is 4.74 Å². The third-order valence-electron chi connectivity index (χ3n) is 3.98. The van der Waals surface area contributed by atoms with Crippen molar-refractivity contribution in [3.05, 3.63) is 59.1 Å². The van der Waals surface area contributed by atoms with E-state index in [9.17, 15) is 14.1 Å². The van der Waals surface area contributed by atoms with Gasteiger partial charge in [0.1, 0.15) is 23.0 Å². The Morgan fingerprint density at radius 2 is 2.07 bits per heavy atom. The zero-order valence-electron chi connectivity index (χ0n) is 13.9. The van der Waals surface area contributed by atoms with E-state index >= 15 is 0 Å². The van der Waals surface area contributed by atoms with Crippen molar-refractivity contribution in [2.45, 2.75) is 0 Å². The minimum Gasteiger partial charge on any atom is -0.453 e. The van der Waals surface area contributed by atoms with E-state index in [0.29, 0.717) is 27.5 Å². The summed E-state index contributed by atoms with van der Waals surface area (Å²) in [5.74, 6) is 0.337. The van der Waals surface area contributed by atoms with E-state index in [1.807, 2.05) is 6.07 Å². The molecule has 27 heavy (non-hydrogen) atoms. The van der Waals surface area contributed by atoms with Gasteiger partial charge < -0.3 is 9.30 Å². The van der Waals surface area contributed by atoms with Crippen molar-refractivity contribution in [1.29, 1.82) is 0 Å². The van der Waals surface area contributed by atoms with Crippen LogP contribution in [0.5, 0.6) is 11.5 Å². The van der Waals surface area contributed by atoms with E-state index in [4.69, 9.17) is 4.74 Å². The van der Waals surface area contributed by atoms with E-state index in [2.05, 4.69) is 15.1 Å². The molecule has 0 aliphatic heterocycles. The number of pyridine rings is 1. The van der Waals surface area contributed by atoms with Crippen LogP contribution in [-0.2, 0) is 7.05 Å². The summed E-state index contributed by atoms with van der Waals surface area (Å²) in [6.07, 6.45) is 3.79. The van der Waals surface area contributed by atoms with Crippen LogP contribution in [0.25, 0.3) is 20.9 Å². The maximum absolute atomic E-state index is 14.1. The summed E-state index contributed by atoms with van der Waals surface area (Å²) >= 11 is 1.37. The highest BCUT2D eigenvalue weighted by molar-refractivity contribution is 7.22. The average Bonchev–Trinajstić information content (AvgIpc) is 3.26. The predicted molar refractivity (Wildman–Crippen MR) is 99.1 cm³/mol. The summed E-state index contributed by atoms with van der Waals surface area (Å²) in [6, 6.07) is 7.19. The van der Waals surface area contributed by atoms with Gasteiger partial charge in [0.25, 0.3) is 0 Å². The molecule has 0 saturated heterocycles. The summed E-state index contributed by atoms with van der Waals surface area (Å²) < 4.78 is 22.2.